The number of para-hydroxylation sites is 2. The summed E-state index contributed by atoms with van der Waals surface area (Å²) in [5.74, 6) is 1.06. The van der Waals surface area contributed by atoms with Crippen molar-refractivity contribution in [3.05, 3.63) is 65.7 Å². The van der Waals surface area contributed by atoms with E-state index in [1.807, 2.05) is 51.1 Å². The molecule has 0 aliphatic carbocycles. The van der Waals surface area contributed by atoms with Gasteiger partial charge in [-0.15, -0.1) is 0 Å². The zero-order chi connectivity index (χ0) is 21.3. The molecule has 1 aliphatic rings. The van der Waals surface area contributed by atoms with E-state index in [1.54, 1.807) is 4.90 Å². The van der Waals surface area contributed by atoms with Crippen LogP contribution in [0.5, 0.6) is 0 Å². The van der Waals surface area contributed by atoms with Crippen molar-refractivity contribution in [1.82, 2.24) is 14.5 Å². The van der Waals surface area contributed by atoms with E-state index in [0.717, 1.165) is 35.3 Å². The molecule has 4 rings (SSSR count). The number of amides is 1. The quantitative estimate of drug-likeness (QED) is 0.587. The van der Waals surface area contributed by atoms with Gasteiger partial charge >= 0.3 is 6.09 Å². The van der Waals surface area contributed by atoms with E-state index < -0.39 is 5.60 Å². The van der Waals surface area contributed by atoms with Crippen LogP contribution >= 0.6 is 0 Å². The monoisotopic (exact) mass is 409 g/mol. The minimum absolute atomic E-state index is 0.232. The summed E-state index contributed by atoms with van der Waals surface area (Å²) in [4.78, 5) is 19.1. The first-order chi connectivity index (χ1) is 14.3. The van der Waals surface area contributed by atoms with Crippen LogP contribution in [0, 0.1) is 5.82 Å². The number of hydrogen-bond acceptors (Lipinski definition) is 3. The van der Waals surface area contributed by atoms with E-state index in [4.69, 9.17) is 9.72 Å². The molecule has 0 spiro atoms. The van der Waals surface area contributed by atoms with Crippen LogP contribution in [0.4, 0.5) is 9.18 Å². The number of piperidine rings is 1. The van der Waals surface area contributed by atoms with Crippen molar-refractivity contribution in [3.8, 4) is 0 Å². The molecule has 6 heteroatoms. The van der Waals surface area contributed by atoms with Gasteiger partial charge in [0, 0.05) is 25.6 Å². The fourth-order valence-corrected chi connectivity index (χ4v) is 3.99. The molecule has 1 saturated heterocycles. The van der Waals surface area contributed by atoms with Crippen molar-refractivity contribution in [1.29, 1.82) is 0 Å². The predicted octanol–water partition coefficient (Wildman–Crippen LogP) is 5.34. The maximum atomic E-state index is 13.3. The second-order valence-corrected chi connectivity index (χ2v) is 8.91. The van der Waals surface area contributed by atoms with Gasteiger partial charge in [0.2, 0.25) is 0 Å². The number of carbonyl (C=O) groups excluding carboxylic acids is 1. The molecule has 3 aromatic rings. The Bertz CT molecular complexity index is 1030. The molecule has 1 fully saturated rings. The normalized spacial score (nSPS) is 15.5. The van der Waals surface area contributed by atoms with Crippen LogP contribution in [-0.4, -0.2) is 39.2 Å². The molecule has 1 aromatic heterocycles. The van der Waals surface area contributed by atoms with Crippen molar-refractivity contribution in [2.75, 3.05) is 13.1 Å². The third-order valence-electron chi connectivity index (χ3n) is 5.45. The summed E-state index contributed by atoms with van der Waals surface area (Å²) in [5.41, 5.74) is 2.58. The van der Waals surface area contributed by atoms with Gasteiger partial charge in [0.1, 0.15) is 17.2 Å². The van der Waals surface area contributed by atoms with Gasteiger partial charge < -0.3 is 14.2 Å². The first-order valence-corrected chi connectivity index (χ1v) is 10.5. The van der Waals surface area contributed by atoms with Crippen LogP contribution in [0.15, 0.2) is 48.5 Å². The second-order valence-electron chi connectivity index (χ2n) is 8.91. The zero-order valence-corrected chi connectivity index (χ0v) is 17.8. The molecule has 0 bridgehead atoms. The number of hydrogen-bond donors (Lipinski definition) is 0. The van der Waals surface area contributed by atoms with E-state index >= 15 is 0 Å². The van der Waals surface area contributed by atoms with Crippen LogP contribution < -0.4 is 0 Å². The van der Waals surface area contributed by atoms with E-state index in [-0.39, 0.29) is 17.8 Å². The topological polar surface area (TPSA) is 47.4 Å². The fourth-order valence-electron chi connectivity index (χ4n) is 3.99. The van der Waals surface area contributed by atoms with Gasteiger partial charge in [-0.05, 0) is 63.4 Å². The smallest absolute Gasteiger partial charge is 0.410 e. The summed E-state index contributed by atoms with van der Waals surface area (Å²) in [6.07, 6.45) is 1.43. The van der Waals surface area contributed by atoms with Crippen LogP contribution in [0.25, 0.3) is 11.0 Å². The van der Waals surface area contributed by atoms with Crippen LogP contribution in [0.3, 0.4) is 0 Å². The Labute approximate surface area is 176 Å². The average Bonchev–Trinajstić information content (AvgIpc) is 3.07. The third kappa shape index (κ3) is 4.48. The molecule has 5 nitrogen and oxygen atoms in total. The van der Waals surface area contributed by atoms with Gasteiger partial charge in [0.25, 0.3) is 0 Å². The molecule has 0 N–H and O–H groups in total. The molecule has 2 aromatic carbocycles. The Morgan fingerprint density at radius 1 is 1.10 bits per heavy atom. The van der Waals surface area contributed by atoms with Gasteiger partial charge in [-0.2, -0.15) is 0 Å². The fraction of sp³-hybridized carbons (Fsp3) is 0.417. The lowest BCUT2D eigenvalue weighted by Crippen LogP contribution is -2.41. The highest BCUT2D eigenvalue weighted by Gasteiger charge is 2.30. The largest absolute Gasteiger partial charge is 0.444 e. The Hall–Kier alpha value is -2.89. The average molecular weight is 410 g/mol. The van der Waals surface area contributed by atoms with Gasteiger partial charge in [0.15, 0.2) is 0 Å². The first-order valence-electron chi connectivity index (χ1n) is 10.5. The van der Waals surface area contributed by atoms with E-state index in [2.05, 4.69) is 10.6 Å². The molecule has 2 heterocycles. The lowest BCUT2D eigenvalue weighted by molar-refractivity contribution is 0.0202. The standard InChI is InChI=1S/C24H28FN3O2/c1-24(2,3)30-23(29)27-14-12-18(13-15-27)22-26-20-6-4-5-7-21(20)28(22)16-17-8-10-19(25)11-9-17/h4-11,18H,12-16H2,1-3H3. The predicted molar refractivity (Wildman–Crippen MR) is 115 cm³/mol. The second kappa shape index (κ2) is 8.09. The molecule has 0 atom stereocenters. The highest BCUT2D eigenvalue weighted by Crippen LogP contribution is 2.31. The summed E-state index contributed by atoms with van der Waals surface area (Å²) < 4.78 is 21.1. The summed E-state index contributed by atoms with van der Waals surface area (Å²) in [7, 11) is 0. The molecule has 0 saturated carbocycles. The van der Waals surface area contributed by atoms with Crippen molar-refractivity contribution in [2.24, 2.45) is 0 Å². The molecular formula is C24H28FN3O2. The molecule has 1 aliphatic heterocycles. The number of likely N-dealkylation sites (tertiary alicyclic amines) is 1. The minimum Gasteiger partial charge on any atom is -0.444 e. The van der Waals surface area contributed by atoms with Crippen LogP contribution in [-0.2, 0) is 11.3 Å². The number of fused-ring (bicyclic) bond motifs is 1. The van der Waals surface area contributed by atoms with E-state index in [9.17, 15) is 9.18 Å². The first kappa shape index (κ1) is 20.4. The van der Waals surface area contributed by atoms with Crippen LogP contribution in [0.1, 0.15) is 50.9 Å². The number of nitrogens with zero attached hydrogens (tertiary/aromatic N) is 3. The van der Waals surface area contributed by atoms with Gasteiger partial charge in [0.05, 0.1) is 11.0 Å². The van der Waals surface area contributed by atoms with E-state index in [1.165, 1.54) is 12.1 Å². The molecule has 1 amide bonds. The summed E-state index contributed by atoms with van der Waals surface area (Å²) in [5, 5.41) is 0. The lowest BCUT2D eigenvalue weighted by atomic mass is 9.96. The van der Waals surface area contributed by atoms with Gasteiger partial charge in [-0.3, -0.25) is 0 Å². The minimum atomic E-state index is -0.489. The molecule has 0 radical (unpaired) electrons. The molecule has 158 valence electrons. The van der Waals surface area contributed by atoms with Gasteiger partial charge in [-0.25, -0.2) is 14.2 Å². The zero-order valence-electron chi connectivity index (χ0n) is 17.8. The maximum absolute atomic E-state index is 13.3. The van der Waals surface area contributed by atoms with E-state index in [0.29, 0.717) is 19.6 Å². The summed E-state index contributed by atoms with van der Waals surface area (Å²) >= 11 is 0. The Morgan fingerprint density at radius 3 is 2.43 bits per heavy atom. The molecule has 0 unspecified atom stereocenters. The number of rotatable bonds is 3. The van der Waals surface area contributed by atoms with Crippen molar-refractivity contribution >= 4 is 17.1 Å². The number of ether oxygens (including phenoxy) is 1. The highest BCUT2D eigenvalue weighted by atomic mass is 19.1. The third-order valence-corrected chi connectivity index (χ3v) is 5.45. The van der Waals surface area contributed by atoms with Crippen molar-refractivity contribution < 1.29 is 13.9 Å². The Balaban J connectivity index is 1.56. The van der Waals surface area contributed by atoms with Crippen molar-refractivity contribution in [3.63, 3.8) is 0 Å². The SMILES string of the molecule is CC(C)(C)OC(=O)N1CCC(c2nc3ccccc3n2Cc2ccc(F)cc2)CC1. The number of benzene rings is 2. The Morgan fingerprint density at radius 2 is 1.77 bits per heavy atom. The van der Waals surface area contributed by atoms with Crippen molar-refractivity contribution in [2.45, 2.75) is 51.7 Å². The number of aromatic nitrogens is 2. The number of imidazole rings is 1. The van der Waals surface area contributed by atoms with Gasteiger partial charge in [-0.1, -0.05) is 24.3 Å². The summed E-state index contributed by atoms with van der Waals surface area (Å²) in [6.45, 7) is 7.60. The Kier molecular flexibility index (Phi) is 5.50. The summed E-state index contributed by atoms with van der Waals surface area (Å²) in [6, 6.07) is 14.7. The number of carbonyl (C=O) groups is 1. The van der Waals surface area contributed by atoms with Crippen LogP contribution in [0.2, 0.25) is 0 Å². The number of halogens is 1. The molecule has 30 heavy (non-hydrogen) atoms. The maximum Gasteiger partial charge on any atom is 0.410 e. The molecular weight excluding hydrogens is 381 g/mol. The lowest BCUT2D eigenvalue weighted by Gasteiger charge is -2.33. The highest BCUT2D eigenvalue weighted by molar-refractivity contribution is 5.76.